The van der Waals surface area contributed by atoms with Gasteiger partial charge in [-0.05, 0) is 73.8 Å². The van der Waals surface area contributed by atoms with Crippen LogP contribution in [-0.2, 0) is 6.42 Å². The van der Waals surface area contributed by atoms with Crippen LogP contribution < -0.4 is 0 Å². The zero-order valence-electron chi connectivity index (χ0n) is 17.0. The summed E-state index contributed by atoms with van der Waals surface area (Å²) in [5.41, 5.74) is 6.76. The van der Waals surface area contributed by atoms with Gasteiger partial charge in [-0.2, -0.15) is 5.10 Å². The van der Waals surface area contributed by atoms with Gasteiger partial charge in [0.15, 0.2) is 0 Å². The number of hydrogen-bond donors (Lipinski definition) is 1. The second kappa shape index (κ2) is 7.52. The second-order valence-corrected chi connectivity index (χ2v) is 11.1. The number of benzene rings is 1. The number of thiophene rings is 1. The highest BCUT2D eigenvalue weighted by Gasteiger charge is 2.47. The monoisotopic (exact) mass is 458 g/mol. The van der Waals surface area contributed by atoms with E-state index in [0.29, 0.717) is 8.67 Å². The first-order valence-corrected chi connectivity index (χ1v) is 11.9. The molecular weight excluding hydrogens is 435 g/mol. The van der Waals surface area contributed by atoms with Crippen LogP contribution in [0.5, 0.6) is 0 Å². The van der Waals surface area contributed by atoms with Gasteiger partial charge in [0.05, 0.1) is 28.0 Å². The molecule has 1 fully saturated rings. The van der Waals surface area contributed by atoms with Crippen molar-refractivity contribution in [2.45, 2.75) is 45.6 Å². The molecule has 1 saturated carbocycles. The van der Waals surface area contributed by atoms with Gasteiger partial charge in [-0.1, -0.05) is 53.4 Å². The van der Waals surface area contributed by atoms with Crippen LogP contribution >= 0.6 is 34.5 Å². The number of aliphatic hydroxyl groups is 1. The normalized spacial score (nSPS) is 24.2. The third kappa shape index (κ3) is 3.25. The maximum Gasteiger partial charge on any atom is 0.100 e. The third-order valence-electron chi connectivity index (χ3n) is 6.93. The highest BCUT2D eigenvalue weighted by molar-refractivity contribution is 7.20. The highest BCUT2D eigenvalue weighted by atomic mass is 35.5. The van der Waals surface area contributed by atoms with E-state index < -0.39 is 6.10 Å². The number of fused-ring (bicyclic) bond motifs is 2. The first-order chi connectivity index (χ1) is 14.4. The number of rotatable bonds is 3. The van der Waals surface area contributed by atoms with E-state index in [9.17, 15) is 5.11 Å². The molecule has 0 unspecified atom stereocenters. The van der Waals surface area contributed by atoms with Crippen molar-refractivity contribution in [3.8, 4) is 5.69 Å². The smallest absolute Gasteiger partial charge is 0.100 e. The molecule has 30 heavy (non-hydrogen) atoms. The number of halogens is 2. The average Bonchev–Trinajstić information content (AvgIpc) is 3.27. The molecule has 2 aromatic heterocycles. The lowest BCUT2D eigenvalue weighted by molar-refractivity contribution is 0.0220. The minimum atomic E-state index is -0.622. The standard InChI is InChI=1S/C24H24Cl2N2OS/c1-14-6-8-17(9-7-14)28-20-10-16-4-3-5-19(24(16,2)12-15(20)13-27-28)22(29)18-11-21(25)30-23(18)26/h6-11,13,19,22,29H,3-5,12H2,1-2H3/t19-,22+,24+/m1/s1. The first kappa shape index (κ1) is 20.3. The van der Waals surface area contributed by atoms with E-state index in [-0.39, 0.29) is 11.3 Å². The summed E-state index contributed by atoms with van der Waals surface area (Å²) in [4.78, 5) is 0. The van der Waals surface area contributed by atoms with Crippen molar-refractivity contribution in [1.82, 2.24) is 9.78 Å². The molecular formula is C24H24Cl2N2OS. The molecule has 6 heteroatoms. The Hall–Kier alpha value is -1.59. The molecule has 3 atom stereocenters. The van der Waals surface area contributed by atoms with Crippen LogP contribution in [0.4, 0.5) is 0 Å². The van der Waals surface area contributed by atoms with Gasteiger partial charge in [0, 0.05) is 5.56 Å². The fourth-order valence-electron chi connectivity index (χ4n) is 5.25. The number of aliphatic hydroxyl groups excluding tert-OH is 1. The maximum absolute atomic E-state index is 11.3. The van der Waals surface area contributed by atoms with Crippen molar-refractivity contribution in [1.29, 1.82) is 0 Å². The van der Waals surface area contributed by atoms with Crippen LogP contribution in [-0.4, -0.2) is 14.9 Å². The van der Waals surface area contributed by atoms with Crippen molar-refractivity contribution >= 4 is 40.6 Å². The van der Waals surface area contributed by atoms with E-state index in [1.807, 2.05) is 16.9 Å². The Bertz CT molecular complexity index is 1130. The largest absolute Gasteiger partial charge is 0.388 e. The van der Waals surface area contributed by atoms with E-state index in [2.05, 4.69) is 44.2 Å². The molecule has 0 amide bonds. The van der Waals surface area contributed by atoms with E-state index >= 15 is 0 Å². The van der Waals surface area contributed by atoms with Crippen molar-refractivity contribution < 1.29 is 5.11 Å². The van der Waals surface area contributed by atoms with Crippen LogP contribution in [0.15, 0.2) is 42.1 Å². The Morgan fingerprint density at radius 2 is 2.03 bits per heavy atom. The molecule has 0 radical (unpaired) electrons. The SMILES string of the molecule is Cc1ccc(-n2ncc3c2C=C2CCC[C@H]([C@@H](O)c4cc(Cl)sc4Cl)[C@@]2(C)C3)cc1. The predicted octanol–water partition coefficient (Wildman–Crippen LogP) is 7.03. The Kier molecular flexibility index (Phi) is 5.10. The molecule has 3 nitrogen and oxygen atoms in total. The number of allylic oxidation sites excluding steroid dienone is 1. The average molecular weight is 459 g/mol. The predicted molar refractivity (Wildman–Crippen MR) is 125 cm³/mol. The fraction of sp³-hybridized carbons (Fsp3) is 0.375. The summed E-state index contributed by atoms with van der Waals surface area (Å²) >= 11 is 13.9. The summed E-state index contributed by atoms with van der Waals surface area (Å²) in [6.07, 6.45) is 7.64. The van der Waals surface area contributed by atoms with Crippen LogP contribution in [0.2, 0.25) is 8.67 Å². The van der Waals surface area contributed by atoms with E-state index in [1.54, 1.807) is 0 Å². The zero-order chi connectivity index (χ0) is 21.0. The number of nitrogens with zero attached hydrogens (tertiary/aromatic N) is 2. The minimum absolute atomic E-state index is 0.0940. The molecule has 2 aliphatic carbocycles. The number of hydrogen-bond acceptors (Lipinski definition) is 3. The topological polar surface area (TPSA) is 38.0 Å². The summed E-state index contributed by atoms with van der Waals surface area (Å²) < 4.78 is 3.25. The maximum atomic E-state index is 11.3. The van der Waals surface area contributed by atoms with Gasteiger partial charge in [-0.3, -0.25) is 0 Å². The van der Waals surface area contributed by atoms with Crippen LogP contribution in [0.1, 0.15) is 54.7 Å². The lowest BCUT2D eigenvalue weighted by Gasteiger charge is -2.47. The first-order valence-electron chi connectivity index (χ1n) is 10.3. The van der Waals surface area contributed by atoms with E-state index in [0.717, 1.165) is 42.6 Å². The van der Waals surface area contributed by atoms with Gasteiger partial charge in [0.2, 0.25) is 0 Å². The lowest BCUT2D eigenvalue weighted by atomic mass is 9.58. The highest BCUT2D eigenvalue weighted by Crippen LogP contribution is 2.55. The van der Waals surface area contributed by atoms with Gasteiger partial charge in [0.25, 0.3) is 0 Å². The van der Waals surface area contributed by atoms with Gasteiger partial charge in [-0.25, -0.2) is 4.68 Å². The molecule has 5 rings (SSSR count). The van der Waals surface area contributed by atoms with Crippen molar-refractivity contribution in [3.05, 3.63) is 73.2 Å². The summed E-state index contributed by atoms with van der Waals surface area (Å²) in [7, 11) is 0. The lowest BCUT2D eigenvalue weighted by Crippen LogP contribution is -2.40. The van der Waals surface area contributed by atoms with Crippen LogP contribution in [0.3, 0.4) is 0 Å². The summed E-state index contributed by atoms with van der Waals surface area (Å²) in [5, 5.41) is 16.0. The molecule has 156 valence electrons. The molecule has 0 saturated heterocycles. The number of aromatic nitrogens is 2. The van der Waals surface area contributed by atoms with E-state index in [1.165, 1.54) is 28.0 Å². The van der Waals surface area contributed by atoms with Crippen LogP contribution in [0, 0.1) is 18.3 Å². The third-order valence-corrected chi connectivity index (χ3v) is 8.45. The fourth-order valence-corrected chi connectivity index (χ4v) is 6.79. The minimum Gasteiger partial charge on any atom is -0.388 e. The van der Waals surface area contributed by atoms with Crippen molar-refractivity contribution in [3.63, 3.8) is 0 Å². The van der Waals surface area contributed by atoms with Crippen molar-refractivity contribution in [2.24, 2.45) is 11.3 Å². The molecule has 0 bridgehead atoms. The summed E-state index contributed by atoms with van der Waals surface area (Å²) in [5.74, 6) is 0.0940. The molecule has 2 heterocycles. The van der Waals surface area contributed by atoms with Crippen molar-refractivity contribution in [2.75, 3.05) is 0 Å². The zero-order valence-corrected chi connectivity index (χ0v) is 19.4. The molecule has 1 aromatic carbocycles. The van der Waals surface area contributed by atoms with Gasteiger partial charge >= 0.3 is 0 Å². The Morgan fingerprint density at radius 3 is 2.73 bits per heavy atom. The molecule has 0 aliphatic heterocycles. The molecule has 3 aromatic rings. The van der Waals surface area contributed by atoms with Gasteiger partial charge in [0.1, 0.15) is 4.34 Å². The Balaban J connectivity index is 1.53. The molecule has 2 aliphatic rings. The van der Waals surface area contributed by atoms with E-state index in [4.69, 9.17) is 28.3 Å². The van der Waals surface area contributed by atoms with Gasteiger partial charge in [-0.15, -0.1) is 11.3 Å². The summed E-state index contributed by atoms with van der Waals surface area (Å²) in [6.45, 7) is 4.38. The Morgan fingerprint density at radius 1 is 1.27 bits per heavy atom. The molecule has 1 N–H and O–H groups in total. The number of aryl methyl sites for hydroxylation is 1. The quantitative estimate of drug-likeness (QED) is 0.457. The second-order valence-electron chi connectivity index (χ2n) is 8.79. The Labute approximate surface area is 191 Å². The van der Waals surface area contributed by atoms with Gasteiger partial charge < -0.3 is 5.11 Å². The van der Waals surface area contributed by atoms with Crippen LogP contribution in [0.25, 0.3) is 11.8 Å². The molecule has 0 spiro atoms. The summed E-state index contributed by atoms with van der Waals surface area (Å²) in [6, 6.07) is 10.3.